The van der Waals surface area contributed by atoms with Crippen LogP contribution >= 0.6 is 0 Å². The van der Waals surface area contributed by atoms with Crippen molar-refractivity contribution >= 4 is 5.97 Å². The quantitative estimate of drug-likeness (QED) is 0.824. The summed E-state index contributed by atoms with van der Waals surface area (Å²) in [6.07, 6.45) is 2.22. The normalized spacial score (nSPS) is 14.4. The lowest BCUT2D eigenvalue weighted by atomic mass is 9.74. The van der Waals surface area contributed by atoms with Gasteiger partial charge in [0.2, 0.25) is 0 Å². The molecule has 0 aromatic heterocycles. The zero-order valence-electron chi connectivity index (χ0n) is 10.3. The minimum atomic E-state index is -0.708. The minimum absolute atomic E-state index is 0.639. The number of aliphatic carboxylic acids is 1. The molecule has 1 aromatic rings. The van der Waals surface area contributed by atoms with E-state index in [-0.39, 0.29) is 0 Å². The predicted octanol–water partition coefficient (Wildman–Crippen LogP) is 3.53. The molecular formula is C14H20O2. The molecule has 0 aliphatic heterocycles. The average Bonchev–Trinajstić information content (AvgIpc) is 2.25. The molecule has 0 heterocycles. The van der Waals surface area contributed by atoms with E-state index >= 15 is 0 Å². The van der Waals surface area contributed by atoms with Crippen LogP contribution in [-0.2, 0) is 10.2 Å². The molecule has 0 saturated heterocycles. The Hall–Kier alpha value is -1.31. The summed E-state index contributed by atoms with van der Waals surface area (Å²) in [5.74, 6) is -0.706. The molecule has 0 radical (unpaired) electrons. The van der Waals surface area contributed by atoms with Crippen molar-refractivity contribution < 1.29 is 9.90 Å². The van der Waals surface area contributed by atoms with Crippen LogP contribution < -0.4 is 0 Å². The van der Waals surface area contributed by atoms with Crippen molar-refractivity contribution in [3.63, 3.8) is 0 Å². The molecule has 1 unspecified atom stereocenters. The van der Waals surface area contributed by atoms with E-state index in [1.54, 1.807) is 0 Å². The van der Waals surface area contributed by atoms with Crippen LogP contribution in [0.15, 0.2) is 24.3 Å². The highest BCUT2D eigenvalue weighted by Crippen LogP contribution is 2.33. The van der Waals surface area contributed by atoms with E-state index in [1.165, 1.54) is 0 Å². The Kier molecular flexibility index (Phi) is 4.11. The lowest BCUT2D eigenvalue weighted by Gasteiger charge is -2.28. The number of carboxylic acids is 1. The molecule has 0 aliphatic carbocycles. The van der Waals surface area contributed by atoms with Gasteiger partial charge in [0, 0.05) is 0 Å². The van der Waals surface area contributed by atoms with Gasteiger partial charge in [-0.05, 0) is 25.3 Å². The summed E-state index contributed by atoms with van der Waals surface area (Å²) in [4.78, 5) is 11.6. The van der Waals surface area contributed by atoms with Crippen molar-refractivity contribution in [2.45, 2.75) is 45.4 Å². The molecule has 0 fully saturated rings. The van der Waals surface area contributed by atoms with Gasteiger partial charge in [-0.25, -0.2) is 0 Å². The number of carboxylic acid groups (broad SMARTS) is 1. The second-order valence-corrected chi connectivity index (χ2v) is 4.36. The van der Waals surface area contributed by atoms with Crippen LogP contribution in [0, 0.1) is 6.92 Å². The SMILES string of the molecule is CCCC(CC)(C(=O)O)c1cccc(C)c1. The van der Waals surface area contributed by atoms with Crippen molar-refractivity contribution in [3.8, 4) is 0 Å². The van der Waals surface area contributed by atoms with Crippen LogP contribution in [0.3, 0.4) is 0 Å². The first-order valence-corrected chi connectivity index (χ1v) is 5.87. The summed E-state index contributed by atoms with van der Waals surface area (Å²) in [5.41, 5.74) is 1.35. The number of hydrogen-bond donors (Lipinski definition) is 1. The van der Waals surface area contributed by atoms with Gasteiger partial charge in [-0.1, -0.05) is 50.1 Å². The zero-order valence-corrected chi connectivity index (χ0v) is 10.3. The molecule has 16 heavy (non-hydrogen) atoms. The van der Waals surface area contributed by atoms with Crippen LogP contribution in [0.4, 0.5) is 0 Å². The van der Waals surface area contributed by atoms with Crippen molar-refractivity contribution in [2.75, 3.05) is 0 Å². The Balaban J connectivity index is 3.24. The Labute approximate surface area is 97.3 Å². The highest BCUT2D eigenvalue weighted by Gasteiger charge is 2.37. The van der Waals surface area contributed by atoms with Crippen LogP contribution in [-0.4, -0.2) is 11.1 Å². The maximum atomic E-state index is 11.6. The molecule has 1 aromatic carbocycles. The number of aryl methyl sites for hydroxylation is 1. The molecular weight excluding hydrogens is 200 g/mol. The van der Waals surface area contributed by atoms with E-state index in [9.17, 15) is 9.90 Å². The average molecular weight is 220 g/mol. The second kappa shape index (κ2) is 5.15. The van der Waals surface area contributed by atoms with Crippen molar-refractivity contribution in [1.82, 2.24) is 0 Å². The monoisotopic (exact) mass is 220 g/mol. The first-order chi connectivity index (χ1) is 7.56. The van der Waals surface area contributed by atoms with Crippen molar-refractivity contribution in [2.24, 2.45) is 0 Å². The van der Waals surface area contributed by atoms with E-state index in [0.29, 0.717) is 12.8 Å². The molecule has 0 saturated carbocycles. The maximum absolute atomic E-state index is 11.6. The molecule has 1 rings (SSSR count). The van der Waals surface area contributed by atoms with Crippen LogP contribution in [0.2, 0.25) is 0 Å². The van der Waals surface area contributed by atoms with E-state index in [1.807, 2.05) is 45.0 Å². The third kappa shape index (κ3) is 2.26. The molecule has 0 bridgehead atoms. The van der Waals surface area contributed by atoms with Gasteiger partial charge < -0.3 is 5.11 Å². The van der Waals surface area contributed by atoms with E-state index in [0.717, 1.165) is 17.5 Å². The number of rotatable bonds is 5. The molecule has 2 nitrogen and oxygen atoms in total. The lowest BCUT2D eigenvalue weighted by Crippen LogP contribution is -2.35. The van der Waals surface area contributed by atoms with E-state index in [2.05, 4.69) is 0 Å². The largest absolute Gasteiger partial charge is 0.481 e. The third-order valence-corrected chi connectivity index (χ3v) is 3.26. The van der Waals surface area contributed by atoms with Crippen molar-refractivity contribution in [3.05, 3.63) is 35.4 Å². The van der Waals surface area contributed by atoms with Gasteiger partial charge in [0.15, 0.2) is 0 Å². The fourth-order valence-corrected chi connectivity index (χ4v) is 2.28. The summed E-state index contributed by atoms with van der Waals surface area (Å²) in [7, 11) is 0. The Morgan fingerprint density at radius 1 is 1.38 bits per heavy atom. The van der Waals surface area contributed by atoms with Crippen LogP contribution in [0.25, 0.3) is 0 Å². The number of hydrogen-bond acceptors (Lipinski definition) is 1. The predicted molar refractivity (Wildman–Crippen MR) is 65.7 cm³/mol. The first kappa shape index (κ1) is 12.8. The minimum Gasteiger partial charge on any atom is -0.481 e. The molecule has 0 spiro atoms. The smallest absolute Gasteiger partial charge is 0.314 e. The summed E-state index contributed by atoms with van der Waals surface area (Å²) in [5, 5.41) is 9.50. The van der Waals surface area contributed by atoms with Gasteiger partial charge in [0.1, 0.15) is 0 Å². The summed E-state index contributed by atoms with van der Waals surface area (Å²) in [6.45, 7) is 5.98. The summed E-state index contributed by atoms with van der Waals surface area (Å²) < 4.78 is 0. The van der Waals surface area contributed by atoms with Crippen LogP contribution in [0.1, 0.15) is 44.2 Å². The Bertz CT molecular complexity index is 371. The fraction of sp³-hybridized carbons (Fsp3) is 0.500. The van der Waals surface area contributed by atoms with E-state index < -0.39 is 11.4 Å². The molecule has 0 amide bonds. The van der Waals surface area contributed by atoms with Gasteiger partial charge in [0.25, 0.3) is 0 Å². The van der Waals surface area contributed by atoms with Crippen LogP contribution in [0.5, 0.6) is 0 Å². The molecule has 0 aliphatic rings. The second-order valence-electron chi connectivity index (χ2n) is 4.36. The van der Waals surface area contributed by atoms with Gasteiger partial charge in [-0.3, -0.25) is 4.79 Å². The van der Waals surface area contributed by atoms with Gasteiger partial charge >= 0.3 is 5.97 Å². The van der Waals surface area contributed by atoms with Gasteiger partial charge in [-0.15, -0.1) is 0 Å². The maximum Gasteiger partial charge on any atom is 0.314 e. The van der Waals surface area contributed by atoms with E-state index in [4.69, 9.17) is 0 Å². The van der Waals surface area contributed by atoms with Gasteiger partial charge in [-0.2, -0.15) is 0 Å². The summed E-state index contributed by atoms with van der Waals surface area (Å²) >= 11 is 0. The summed E-state index contributed by atoms with van der Waals surface area (Å²) in [6, 6.07) is 7.86. The first-order valence-electron chi connectivity index (χ1n) is 5.87. The fourth-order valence-electron chi connectivity index (χ4n) is 2.28. The highest BCUT2D eigenvalue weighted by atomic mass is 16.4. The Morgan fingerprint density at radius 2 is 2.06 bits per heavy atom. The molecule has 1 atom stereocenters. The number of benzene rings is 1. The lowest BCUT2D eigenvalue weighted by molar-refractivity contribution is -0.144. The molecule has 2 heteroatoms. The number of carbonyl (C=O) groups is 1. The molecule has 1 N–H and O–H groups in total. The standard InChI is InChI=1S/C14H20O2/c1-4-9-14(5-2,13(15)16)12-8-6-7-11(3)10-12/h6-8,10H,4-5,9H2,1-3H3,(H,15,16). The molecule has 88 valence electrons. The van der Waals surface area contributed by atoms with Gasteiger partial charge in [0.05, 0.1) is 5.41 Å². The van der Waals surface area contributed by atoms with Crippen molar-refractivity contribution in [1.29, 1.82) is 0 Å². The highest BCUT2D eigenvalue weighted by molar-refractivity contribution is 5.81. The zero-order chi connectivity index (χ0) is 12.2. The Morgan fingerprint density at radius 3 is 2.50 bits per heavy atom. The third-order valence-electron chi connectivity index (χ3n) is 3.26. The topological polar surface area (TPSA) is 37.3 Å².